The van der Waals surface area contributed by atoms with E-state index in [2.05, 4.69) is 10.2 Å². The van der Waals surface area contributed by atoms with Crippen LogP contribution >= 0.6 is 0 Å². The van der Waals surface area contributed by atoms with Crippen LogP contribution in [0.2, 0.25) is 0 Å². The Balaban J connectivity index is 2.04. The number of ether oxygens (including phenoxy) is 1. The average molecular weight is 234 g/mol. The molecule has 2 rings (SSSR count). The second-order valence-corrected chi connectivity index (χ2v) is 3.26. The zero-order chi connectivity index (χ0) is 12.1. The summed E-state index contributed by atoms with van der Waals surface area (Å²) in [5, 5.41) is 15.8. The quantitative estimate of drug-likeness (QED) is 0.845. The fourth-order valence-corrected chi connectivity index (χ4v) is 1.27. The summed E-state index contributed by atoms with van der Waals surface area (Å²) in [7, 11) is 0. The predicted octanol–water partition coefficient (Wildman–Crippen LogP) is 1.59. The van der Waals surface area contributed by atoms with E-state index in [-0.39, 0.29) is 13.0 Å². The van der Waals surface area contributed by atoms with Crippen molar-refractivity contribution in [2.45, 2.75) is 6.42 Å². The van der Waals surface area contributed by atoms with Crippen LogP contribution in [0.5, 0.6) is 5.75 Å². The van der Waals surface area contributed by atoms with E-state index in [0.29, 0.717) is 11.6 Å². The average Bonchev–Trinajstić information content (AvgIpc) is 2.82. The van der Waals surface area contributed by atoms with Gasteiger partial charge in [0.2, 0.25) is 12.3 Å². The second-order valence-electron chi connectivity index (χ2n) is 3.26. The third-order valence-corrected chi connectivity index (χ3v) is 2.03. The van der Waals surface area contributed by atoms with E-state index in [1.165, 1.54) is 6.39 Å². The third-order valence-electron chi connectivity index (χ3n) is 2.03. The van der Waals surface area contributed by atoms with E-state index < -0.39 is 5.97 Å². The lowest BCUT2D eigenvalue weighted by atomic mass is 10.2. The van der Waals surface area contributed by atoms with Gasteiger partial charge >= 0.3 is 5.97 Å². The lowest BCUT2D eigenvalue weighted by Gasteiger charge is -2.04. The number of hydrogen-bond donors (Lipinski definition) is 1. The molecule has 0 fully saturated rings. The Bertz CT molecular complexity index is 496. The van der Waals surface area contributed by atoms with E-state index in [9.17, 15) is 4.79 Å². The molecule has 1 aromatic carbocycles. The molecule has 0 spiro atoms. The number of carbonyl (C=O) groups is 1. The Hall–Kier alpha value is -2.37. The minimum Gasteiger partial charge on any atom is -0.493 e. The maximum Gasteiger partial charge on any atom is 0.306 e. The number of benzene rings is 1. The van der Waals surface area contributed by atoms with E-state index in [1.54, 1.807) is 24.3 Å². The van der Waals surface area contributed by atoms with Gasteiger partial charge in [0, 0.05) is 5.56 Å². The van der Waals surface area contributed by atoms with Gasteiger partial charge in [-0.15, -0.1) is 10.2 Å². The predicted molar refractivity (Wildman–Crippen MR) is 57.5 cm³/mol. The summed E-state index contributed by atoms with van der Waals surface area (Å²) < 4.78 is 10.3. The lowest BCUT2D eigenvalue weighted by Crippen LogP contribution is -2.04. The smallest absolute Gasteiger partial charge is 0.306 e. The molecule has 0 aliphatic rings. The van der Waals surface area contributed by atoms with Gasteiger partial charge in [0.1, 0.15) is 5.75 Å². The zero-order valence-corrected chi connectivity index (χ0v) is 8.87. The number of rotatable bonds is 5. The molecular weight excluding hydrogens is 224 g/mol. The van der Waals surface area contributed by atoms with Gasteiger partial charge in [0.25, 0.3) is 0 Å². The van der Waals surface area contributed by atoms with E-state index in [4.69, 9.17) is 14.3 Å². The van der Waals surface area contributed by atoms with Crippen molar-refractivity contribution in [3.8, 4) is 17.2 Å². The summed E-state index contributed by atoms with van der Waals surface area (Å²) in [5.74, 6) is 0.0775. The summed E-state index contributed by atoms with van der Waals surface area (Å²) >= 11 is 0. The van der Waals surface area contributed by atoms with Gasteiger partial charge < -0.3 is 14.3 Å². The van der Waals surface area contributed by atoms with Crippen molar-refractivity contribution >= 4 is 5.97 Å². The van der Waals surface area contributed by atoms with Crippen molar-refractivity contribution in [2.24, 2.45) is 0 Å². The summed E-state index contributed by atoms with van der Waals surface area (Å²) in [6, 6.07) is 7.03. The van der Waals surface area contributed by atoms with Crippen LogP contribution < -0.4 is 4.74 Å². The Morgan fingerprint density at radius 3 is 3.06 bits per heavy atom. The Morgan fingerprint density at radius 2 is 2.35 bits per heavy atom. The van der Waals surface area contributed by atoms with Gasteiger partial charge in [-0.05, 0) is 18.2 Å². The fraction of sp³-hybridized carbons (Fsp3) is 0.182. The summed E-state index contributed by atoms with van der Waals surface area (Å²) in [6.45, 7) is 0.128. The highest BCUT2D eigenvalue weighted by Crippen LogP contribution is 2.21. The standard InChI is InChI=1S/C11H10N2O4/c14-10(15)4-5-16-9-3-1-2-8(6-9)11-13-12-7-17-11/h1-3,6-7H,4-5H2,(H,14,15). The van der Waals surface area contributed by atoms with Crippen molar-refractivity contribution in [1.82, 2.24) is 10.2 Å². The summed E-state index contributed by atoms with van der Waals surface area (Å²) in [4.78, 5) is 10.3. The van der Waals surface area contributed by atoms with Crippen LogP contribution in [-0.2, 0) is 4.79 Å². The van der Waals surface area contributed by atoms with Gasteiger partial charge in [-0.3, -0.25) is 4.79 Å². The largest absolute Gasteiger partial charge is 0.493 e. The lowest BCUT2D eigenvalue weighted by molar-refractivity contribution is -0.137. The molecule has 0 saturated heterocycles. The Kier molecular flexibility index (Phi) is 3.34. The molecule has 0 bridgehead atoms. The van der Waals surface area contributed by atoms with Crippen molar-refractivity contribution in [2.75, 3.05) is 6.61 Å². The molecule has 88 valence electrons. The van der Waals surface area contributed by atoms with Gasteiger partial charge in [-0.1, -0.05) is 6.07 Å². The monoisotopic (exact) mass is 234 g/mol. The molecule has 1 aromatic heterocycles. The number of hydrogen-bond acceptors (Lipinski definition) is 5. The molecule has 0 saturated carbocycles. The molecule has 2 aromatic rings. The van der Waals surface area contributed by atoms with E-state index in [0.717, 1.165) is 5.56 Å². The number of carboxylic acid groups (broad SMARTS) is 1. The van der Waals surface area contributed by atoms with E-state index in [1.807, 2.05) is 0 Å². The first kappa shape index (κ1) is 11.1. The second kappa shape index (κ2) is 5.11. The molecule has 0 radical (unpaired) electrons. The van der Waals surface area contributed by atoms with Crippen molar-refractivity contribution in [3.63, 3.8) is 0 Å². The van der Waals surface area contributed by atoms with Crippen LogP contribution in [0.1, 0.15) is 6.42 Å². The van der Waals surface area contributed by atoms with Crippen molar-refractivity contribution in [3.05, 3.63) is 30.7 Å². The van der Waals surface area contributed by atoms with Crippen molar-refractivity contribution < 1.29 is 19.1 Å². The molecule has 17 heavy (non-hydrogen) atoms. The first-order chi connectivity index (χ1) is 8.25. The van der Waals surface area contributed by atoms with Crippen molar-refractivity contribution in [1.29, 1.82) is 0 Å². The summed E-state index contributed by atoms with van der Waals surface area (Å²) in [5.41, 5.74) is 0.732. The van der Waals surface area contributed by atoms with Crippen LogP contribution in [0.4, 0.5) is 0 Å². The van der Waals surface area contributed by atoms with Gasteiger partial charge in [-0.2, -0.15) is 0 Å². The molecule has 1 heterocycles. The van der Waals surface area contributed by atoms with Crippen LogP contribution in [-0.4, -0.2) is 27.9 Å². The maximum atomic E-state index is 10.3. The molecule has 1 N–H and O–H groups in total. The molecule has 0 aliphatic heterocycles. The summed E-state index contributed by atoms with van der Waals surface area (Å²) in [6.07, 6.45) is 1.21. The minimum absolute atomic E-state index is 0.0369. The fourth-order valence-electron chi connectivity index (χ4n) is 1.27. The maximum absolute atomic E-state index is 10.3. The topological polar surface area (TPSA) is 85.5 Å². The molecule has 6 heteroatoms. The van der Waals surface area contributed by atoms with Gasteiger partial charge in [0.05, 0.1) is 13.0 Å². The highest BCUT2D eigenvalue weighted by atomic mass is 16.5. The molecule has 0 aliphatic carbocycles. The SMILES string of the molecule is O=C(O)CCOc1cccc(-c2nnco2)c1. The van der Waals surface area contributed by atoms with Crippen LogP contribution in [0.3, 0.4) is 0 Å². The normalized spacial score (nSPS) is 10.1. The van der Waals surface area contributed by atoms with Gasteiger partial charge in [0.15, 0.2) is 0 Å². The Morgan fingerprint density at radius 1 is 1.47 bits per heavy atom. The molecular formula is C11H10N2O4. The molecule has 0 amide bonds. The van der Waals surface area contributed by atoms with Crippen LogP contribution in [0, 0.1) is 0 Å². The number of aliphatic carboxylic acids is 1. The number of carboxylic acids is 1. The molecule has 6 nitrogen and oxygen atoms in total. The third kappa shape index (κ3) is 3.04. The Labute approximate surface area is 96.9 Å². The highest BCUT2D eigenvalue weighted by Gasteiger charge is 2.05. The molecule has 0 atom stereocenters. The van der Waals surface area contributed by atoms with Crippen LogP contribution in [0.25, 0.3) is 11.5 Å². The number of aromatic nitrogens is 2. The van der Waals surface area contributed by atoms with Gasteiger partial charge in [-0.25, -0.2) is 0 Å². The van der Waals surface area contributed by atoms with E-state index >= 15 is 0 Å². The minimum atomic E-state index is -0.891. The first-order valence-corrected chi connectivity index (χ1v) is 4.97. The highest BCUT2D eigenvalue weighted by molar-refractivity contribution is 5.66. The van der Waals surface area contributed by atoms with Crippen LogP contribution in [0.15, 0.2) is 35.1 Å². The number of nitrogens with zero attached hydrogens (tertiary/aromatic N) is 2. The zero-order valence-electron chi connectivity index (χ0n) is 8.87. The first-order valence-electron chi connectivity index (χ1n) is 4.97. The molecule has 0 unspecified atom stereocenters.